The Balaban J connectivity index is 1.24. The van der Waals surface area contributed by atoms with E-state index in [0.29, 0.717) is 0 Å². The standard InChI is InChI=1S/C41H26N4/c1-2-10-27(11-3-1)43-37-16-8-5-13-31(37)34-24-35-32-14-6-9-17-38(32)44(40(35)25-39(34)43)28-18-20-29(21-19-28)45-36-15-7-4-12-30(36)33-22-23-42-26-41(33)45/h1-26H. The molecule has 10 rings (SSSR count). The molecular weight excluding hydrogens is 548 g/mol. The molecule has 0 amide bonds. The summed E-state index contributed by atoms with van der Waals surface area (Å²) in [5.41, 5.74) is 10.5. The van der Waals surface area contributed by atoms with Crippen molar-refractivity contribution in [3.05, 3.63) is 158 Å². The summed E-state index contributed by atoms with van der Waals surface area (Å²) < 4.78 is 7.12. The van der Waals surface area contributed by atoms with E-state index in [2.05, 4.69) is 164 Å². The van der Waals surface area contributed by atoms with Crippen LogP contribution in [0.4, 0.5) is 0 Å². The van der Waals surface area contributed by atoms with E-state index in [9.17, 15) is 0 Å². The predicted octanol–water partition coefficient (Wildman–Crippen LogP) is 10.4. The lowest BCUT2D eigenvalue weighted by Crippen LogP contribution is -1.98. The Morgan fingerprint density at radius 3 is 1.29 bits per heavy atom. The van der Waals surface area contributed by atoms with Crippen LogP contribution in [0.2, 0.25) is 0 Å². The number of fused-ring (bicyclic) bond motifs is 9. The molecule has 0 saturated heterocycles. The average molecular weight is 575 g/mol. The lowest BCUT2D eigenvalue weighted by atomic mass is 10.1. The Kier molecular flexibility index (Phi) is 4.96. The second-order valence-corrected chi connectivity index (χ2v) is 11.7. The highest BCUT2D eigenvalue weighted by molar-refractivity contribution is 6.19. The van der Waals surface area contributed by atoms with E-state index in [0.717, 1.165) is 22.6 Å². The lowest BCUT2D eigenvalue weighted by molar-refractivity contribution is 1.14. The first-order valence-electron chi connectivity index (χ1n) is 15.3. The normalized spacial score (nSPS) is 12.0. The minimum atomic E-state index is 1.11. The van der Waals surface area contributed by atoms with Gasteiger partial charge in [0.2, 0.25) is 0 Å². The van der Waals surface area contributed by atoms with Gasteiger partial charge >= 0.3 is 0 Å². The van der Waals surface area contributed by atoms with Crippen molar-refractivity contribution < 1.29 is 0 Å². The predicted molar refractivity (Wildman–Crippen MR) is 187 cm³/mol. The van der Waals surface area contributed by atoms with Gasteiger partial charge in [0, 0.05) is 55.6 Å². The number of aromatic nitrogens is 4. The van der Waals surface area contributed by atoms with Crippen molar-refractivity contribution >= 4 is 65.4 Å². The van der Waals surface area contributed by atoms with Gasteiger partial charge in [-0.25, -0.2) is 0 Å². The van der Waals surface area contributed by atoms with Gasteiger partial charge in [-0.1, -0.05) is 72.8 Å². The fourth-order valence-corrected chi connectivity index (χ4v) is 7.41. The van der Waals surface area contributed by atoms with E-state index >= 15 is 0 Å². The first-order chi connectivity index (χ1) is 22.3. The zero-order valence-electron chi connectivity index (χ0n) is 24.3. The first-order valence-corrected chi connectivity index (χ1v) is 15.3. The molecule has 0 spiro atoms. The summed E-state index contributed by atoms with van der Waals surface area (Å²) in [6.07, 6.45) is 3.84. The van der Waals surface area contributed by atoms with Crippen molar-refractivity contribution in [2.24, 2.45) is 0 Å². The summed E-state index contributed by atoms with van der Waals surface area (Å²) in [5, 5.41) is 7.49. The van der Waals surface area contributed by atoms with Gasteiger partial charge in [-0.05, 0) is 72.8 Å². The van der Waals surface area contributed by atoms with Crippen molar-refractivity contribution in [2.45, 2.75) is 0 Å². The zero-order valence-corrected chi connectivity index (χ0v) is 24.3. The minimum absolute atomic E-state index is 1.11. The van der Waals surface area contributed by atoms with E-state index in [4.69, 9.17) is 0 Å². The number of hydrogen-bond donors (Lipinski definition) is 0. The quantitative estimate of drug-likeness (QED) is 0.206. The van der Waals surface area contributed by atoms with Gasteiger partial charge in [-0.15, -0.1) is 0 Å². The third-order valence-electron chi connectivity index (χ3n) is 9.32. The van der Waals surface area contributed by atoms with Crippen LogP contribution in [0, 0.1) is 0 Å². The maximum Gasteiger partial charge on any atom is 0.0724 e. The van der Waals surface area contributed by atoms with Gasteiger partial charge in [0.05, 0.1) is 39.3 Å². The molecule has 0 N–H and O–H groups in total. The Morgan fingerprint density at radius 2 is 0.733 bits per heavy atom. The van der Waals surface area contributed by atoms with Crippen LogP contribution in [0.15, 0.2) is 158 Å². The Labute approximate surface area is 258 Å². The molecule has 0 unspecified atom stereocenters. The van der Waals surface area contributed by atoms with Gasteiger partial charge in [0.25, 0.3) is 0 Å². The molecule has 0 aliphatic rings. The van der Waals surface area contributed by atoms with Gasteiger partial charge in [-0.3, -0.25) is 4.98 Å². The van der Waals surface area contributed by atoms with Crippen LogP contribution in [0.1, 0.15) is 0 Å². The molecule has 210 valence electrons. The fourth-order valence-electron chi connectivity index (χ4n) is 7.41. The zero-order chi connectivity index (χ0) is 29.5. The smallest absolute Gasteiger partial charge is 0.0724 e. The highest BCUT2D eigenvalue weighted by Gasteiger charge is 2.19. The van der Waals surface area contributed by atoms with Gasteiger partial charge < -0.3 is 13.7 Å². The Bertz CT molecular complexity index is 2690. The number of nitrogens with zero attached hydrogens (tertiary/aromatic N) is 4. The van der Waals surface area contributed by atoms with E-state index in [1.165, 1.54) is 59.9 Å². The van der Waals surface area contributed by atoms with E-state index in [-0.39, 0.29) is 0 Å². The summed E-state index contributed by atoms with van der Waals surface area (Å²) in [6, 6.07) is 52.6. The molecule has 0 saturated carbocycles. The van der Waals surface area contributed by atoms with Crippen molar-refractivity contribution in [2.75, 3.05) is 0 Å². The number of benzene rings is 6. The molecule has 4 heteroatoms. The van der Waals surface area contributed by atoms with Crippen molar-refractivity contribution in [3.63, 3.8) is 0 Å². The van der Waals surface area contributed by atoms with Crippen LogP contribution in [0.5, 0.6) is 0 Å². The van der Waals surface area contributed by atoms with Crippen LogP contribution in [0.25, 0.3) is 82.5 Å². The first kappa shape index (κ1) is 24.3. The molecule has 45 heavy (non-hydrogen) atoms. The second kappa shape index (κ2) is 9.18. The molecule has 0 aliphatic heterocycles. The molecule has 0 fully saturated rings. The van der Waals surface area contributed by atoms with Gasteiger partial charge in [0.15, 0.2) is 0 Å². The maximum absolute atomic E-state index is 4.46. The van der Waals surface area contributed by atoms with E-state index < -0.39 is 0 Å². The second-order valence-electron chi connectivity index (χ2n) is 11.7. The molecule has 4 nitrogen and oxygen atoms in total. The minimum Gasteiger partial charge on any atom is -0.309 e. The third-order valence-corrected chi connectivity index (χ3v) is 9.32. The van der Waals surface area contributed by atoms with Crippen molar-refractivity contribution in [1.29, 1.82) is 0 Å². The molecule has 0 bridgehead atoms. The van der Waals surface area contributed by atoms with Crippen molar-refractivity contribution in [3.8, 4) is 17.1 Å². The fraction of sp³-hybridized carbons (Fsp3) is 0. The number of rotatable bonds is 3. The molecule has 10 aromatic rings. The summed E-state index contributed by atoms with van der Waals surface area (Å²) in [6.45, 7) is 0. The van der Waals surface area contributed by atoms with Crippen LogP contribution in [-0.2, 0) is 0 Å². The van der Waals surface area contributed by atoms with E-state index in [1.54, 1.807) is 0 Å². The summed E-state index contributed by atoms with van der Waals surface area (Å²) in [4.78, 5) is 4.46. The molecule has 0 atom stereocenters. The Hall–Kier alpha value is -6.13. The number of para-hydroxylation sites is 4. The van der Waals surface area contributed by atoms with Gasteiger partial charge in [-0.2, -0.15) is 0 Å². The molecule has 6 aromatic carbocycles. The third kappa shape index (κ3) is 3.39. The summed E-state index contributed by atoms with van der Waals surface area (Å²) >= 11 is 0. The van der Waals surface area contributed by atoms with Crippen LogP contribution in [-0.4, -0.2) is 18.7 Å². The number of hydrogen-bond acceptors (Lipinski definition) is 1. The topological polar surface area (TPSA) is 27.7 Å². The van der Waals surface area contributed by atoms with Crippen LogP contribution < -0.4 is 0 Å². The highest BCUT2D eigenvalue weighted by atomic mass is 15.0. The summed E-state index contributed by atoms with van der Waals surface area (Å²) in [7, 11) is 0. The monoisotopic (exact) mass is 574 g/mol. The number of pyridine rings is 1. The molecular formula is C41H26N4. The van der Waals surface area contributed by atoms with Gasteiger partial charge in [0.1, 0.15) is 0 Å². The largest absolute Gasteiger partial charge is 0.309 e. The SMILES string of the molecule is c1ccc(-n2c3ccccc3c3cc4c5ccccc5n(-c5ccc(-n6c7ccccc7c7ccncc76)cc5)c4cc32)cc1. The maximum atomic E-state index is 4.46. The van der Waals surface area contributed by atoms with Crippen molar-refractivity contribution in [1.82, 2.24) is 18.7 Å². The highest BCUT2D eigenvalue weighted by Crippen LogP contribution is 2.40. The lowest BCUT2D eigenvalue weighted by Gasteiger charge is -2.12. The van der Waals surface area contributed by atoms with Crippen LogP contribution in [0.3, 0.4) is 0 Å². The van der Waals surface area contributed by atoms with E-state index in [1.807, 2.05) is 12.4 Å². The summed E-state index contributed by atoms with van der Waals surface area (Å²) in [5.74, 6) is 0. The Morgan fingerprint density at radius 1 is 0.311 bits per heavy atom. The molecule has 4 heterocycles. The molecule has 0 aliphatic carbocycles. The molecule has 4 aromatic heterocycles. The molecule has 0 radical (unpaired) electrons. The van der Waals surface area contributed by atoms with Crippen LogP contribution >= 0.6 is 0 Å². The average Bonchev–Trinajstić information content (AvgIpc) is 3.73.